The first-order valence-corrected chi connectivity index (χ1v) is 7.88. The molecule has 0 heterocycles. The molecule has 2 amide bonds. The molecular formula is C12H15ClN2O4S. The predicted molar refractivity (Wildman–Crippen MR) is 79.0 cm³/mol. The molecule has 0 aliphatic carbocycles. The van der Waals surface area contributed by atoms with E-state index in [1.807, 2.05) is 0 Å². The third-order valence-electron chi connectivity index (χ3n) is 2.35. The molecule has 110 valence electrons. The van der Waals surface area contributed by atoms with Crippen molar-refractivity contribution in [2.75, 3.05) is 23.9 Å². The second-order valence-corrected chi connectivity index (χ2v) is 6.00. The highest BCUT2D eigenvalue weighted by molar-refractivity contribution is 7.84. The molecule has 0 spiro atoms. The van der Waals surface area contributed by atoms with E-state index < -0.39 is 22.8 Å². The molecule has 1 unspecified atom stereocenters. The zero-order valence-electron chi connectivity index (χ0n) is 10.8. The number of anilines is 1. The third-order valence-corrected chi connectivity index (χ3v) is 3.45. The van der Waals surface area contributed by atoms with Crippen molar-refractivity contribution in [2.24, 2.45) is 0 Å². The summed E-state index contributed by atoms with van der Waals surface area (Å²) in [5.41, 5.74) is 0.0841. The van der Waals surface area contributed by atoms with Crippen LogP contribution < -0.4 is 10.6 Å². The van der Waals surface area contributed by atoms with Crippen molar-refractivity contribution in [3.63, 3.8) is 0 Å². The molecule has 0 aliphatic heterocycles. The number of urea groups is 1. The Hall–Kier alpha value is -1.60. The van der Waals surface area contributed by atoms with E-state index in [2.05, 4.69) is 10.6 Å². The third kappa shape index (κ3) is 5.58. The van der Waals surface area contributed by atoms with Crippen molar-refractivity contribution in [1.82, 2.24) is 5.32 Å². The normalized spacial score (nSPS) is 11.7. The van der Waals surface area contributed by atoms with Crippen LogP contribution >= 0.6 is 11.6 Å². The summed E-state index contributed by atoms with van der Waals surface area (Å²) in [5, 5.41) is 14.3. The van der Waals surface area contributed by atoms with Crippen LogP contribution in [0.4, 0.5) is 10.5 Å². The van der Waals surface area contributed by atoms with E-state index in [1.165, 1.54) is 18.2 Å². The maximum atomic E-state index is 11.6. The molecule has 0 saturated heterocycles. The van der Waals surface area contributed by atoms with E-state index in [0.717, 1.165) is 0 Å². The van der Waals surface area contributed by atoms with Crippen LogP contribution in [0.3, 0.4) is 0 Å². The minimum absolute atomic E-state index is 0.0424. The standard InChI is InChI=1S/C12H15ClN2O4S/c1-20(19)6-2-5-14-12(18)15-10-7-8(13)3-4-9(10)11(16)17/h3-4,7H,2,5-6H2,1H3,(H,16,17)(H2,14,15,18). The van der Waals surface area contributed by atoms with Gasteiger partial charge in [0.05, 0.1) is 11.3 Å². The Kier molecular flexibility index (Phi) is 6.47. The number of hydrogen-bond acceptors (Lipinski definition) is 3. The Balaban J connectivity index is 2.59. The SMILES string of the molecule is CS(=O)CCCNC(=O)Nc1cc(Cl)ccc1C(=O)O. The fourth-order valence-corrected chi connectivity index (χ4v) is 2.17. The molecule has 0 aromatic heterocycles. The molecule has 0 aliphatic rings. The molecule has 1 atom stereocenters. The summed E-state index contributed by atoms with van der Waals surface area (Å²) >= 11 is 5.77. The molecule has 0 radical (unpaired) electrons. The van der Waals surface area contributed by atoms with E-state index >= 15 is 0 Å². The first-order valence-electron chi connectivity index (χ1n) is 5.78. The van der Waals surface area contributed by atoms with E-state index in [1.54, 1.807) is 6.26 Å². The number of carboxylic acid groups (broad SMARTS) is 1. The van der Waals surface area contributed by atoms with Crippen LogP contribution in [0.1, 0.15) is 16.8 Å². The summed E-state index contributed by atoms with van der Waals surface area (Å²) in [4.78, 5) is 22.6. The van der Waals surface area contributed by atoms with Crippen LogP contribution in [0.25, 0.3) is 0 Å². The summed E-state index contributed by atoms with van der Waals surface area (Å²) in [7, 11) is -0.898. The van der Waals surface area contributed by atoms with Gasteiger partial charge in [0.1, 0.15) is 0 Å². The van der Waals surface area contributed by atoms with Gasteiger partial charge in [0.15, 0.2) is 0 Å². The summed E-state index contributed by atoms with van der Waals surface area (Å²) in [6.45, 7) is 0.356. The van der Waals surface area contributed by atoms with Gasteiger partial charge < -0.3 is 15.7 Å². The van der Waals surface area contributed by atoms with Gasteiger partial charge in [0.2, 0.25) is 0 Å². The first kappa shape index (κ1) is 16.5. The number of amides is 2. The zero-order valence-corrected chi connectivity index (χ0v) is 12.4. The molecule has 1 aromatic rings. The monoisotopic (exact) mass is 318 g/mol. The molecule has 8 heteroatoms. The molecule has 0 saturated carbocycles. The zero-order chi connectivity index (χ0) is 15.1. The average molecular weight is 319 g/mol. The first-order chi connectivity index (χ1) is 9.40. The lowest BCUT2D eigenvalue weighted by atomic mass is 10.2. The van der Waals surface area contributed by atoms with Crippen molar-refractivity contribution < 1.29 is 18.9 Å². The van der Waals surface area contributed by atoms with Gasteiger partial charge in [-0.3, -0.25) is 4.21 Å². The number of carbonyl (C=O) groups excluding carboxylic acids is 1. The van der Waals surface area contributed by atoms with Crippen molar-refractivity contribution in [1.29, 1.82) is 0 Å². The van der Waals surface area contributed by atoms with E-state index in [4.69, 9.17) is 16.7 Å². The quantitative estimate of drug-likeness (QED) is 0.698. The number of hydrogen-bond donors (Lipinski definition) is 3. The molecular weight excluding hydrogens is 304 g/mol. The minimum Gasteiger partial charge on any atom is -0.478 e. The summed E-state index contributed by atoms with van der Waals surface area (Å²) in [6, 6.07) is 3.59. The molecule has 1 rings (SSSR count). The maximum Gasteiger partial charge on any atom is 0.337 e. The Morgan fingerprint density at radius 1 is 1.40 bits per heavy atom. The number of nitrogens with one attached hydrogen (secondary N) is 2. The van der Waals surface area contributed by atoms with Crippen molar-refractivity contribution in [3.05, 3.63) is 28.8 Å². The van der Waals surface area contributed by atoms with Gasteiger partial charge in [-0.25, -0.2) is 9.59 Å². The Morgan fingerprint density at radius 3 is 2.70 bits per heavy atom. The van der Waals surface area contributed by atoms with Crippen LogP contribution in [-0.4, -0.2) is 39.9 Å². The Bertz CT molecular complexity index is 536. The largest absolute Gasteiger partial charge is 0.478 e. The lowest BCUT2D eigenvalue weighted by molar-refractivity contribution is 0.0698. The summed E-state index contributed by atoms with van der Waals surface area (Å²) < 4.78 is 10.8. The van der Waals surface area contributed by atoms with Crippen LogP contribution in [0.15, 0.2) is 18.2 Å². The van der Waals surface area contributed by atoms with Crippen molar-refractivity contribution in [2.45, 2.75) is 6.42 Å². The van der Waals surface area contributed by atoms with E-state index in [0.29, 0.717) is 23.7 Å². The van der Waals surface area contributed by atoms with Gasteiger partial charge in [-0.15, -0.1) is 0 Å². The number of aromatic carboxylic acids is 1. The van der Waals surface area contributed by atoms with Gasteiger partial charge in [0, 0.05) is 34.4 Å². The number of carbonyl (C=O) groups is 2. The van der Waals surface area contributed by atoms with Gasteiger partial charge >= 0.3 is 12.0 Å². The molecule has 6 nitrogen and oxygen atoms in total. The van der Waals surface area contributed by atoms with Gasteiger partial charge in [-0.2, -0.15) is 0 Å². The second-order valence-electron chi connectivity index (χ2n) is 4.01. The number of benzene rings is 1. The molecule has 0 bridgehead atoms. The van der Waals surface area contributed by atoms with Gasteiger partial charge in [-0.05, 0) is 24.6 Å². The average Bonchev–Trinajstić information content (AvgIpc) is 2.34. The maximum absolute atomic E-state index is 11.6. The second kappa shape index (κ2) is 7.86. The molecule has 20 heavy (non-hydrogen) atoms. The van der Waals surface area contributed by atoms with Gasteiger partial charge in [-0.1, -0.05) is 11.6 Å². The topological polar surface area (TPSA) is 95.5 Å². The van der Waals surface area contributed by atoms with Crippen LogP contribution in [0.5, 0.6) is 0 Å². The highest BCUT2D eigenvalue weighted by Gasteiger charge is 2.12. The minimum atomic E-state index is -1.15. The van der Waals surface area contributed by atoms with E-state index in [9.17, 15) is 13.8 Å². The summed E-state index contributed by atoms with van der Waals surface area (Å²) in [5.74, 6) is -0.656. The van der Waals surface area contributed by atoms with Crippen molar-refractivity contribution >= 4 is 40.1 Å². The van der Waals surface area contributed by atoms with Crippen LogP contribution in [0, 0.1) is 0 Å². The number of rotatable bonds is 6. The number of halogens is 1. The van der Waals surface area contributed by atoms with Crippen LogP contribution in [0.2, 0.25) is 5.02 Å². The Morgan fingerprint density at radius 2 is 2.10 bits per heavy atom. The number of carboxylic acids is 1. The van der Waals surface area contributed by atoms with Crippen molar-refractivity contribution in [3.8, 4) is 0 Å². The molecule has 3 N–H and O–H groups in total. The van der Waals surface area contributed by atoms with E-state index in [-0.39, 0.29) is 11.3 Å². The fourth-order valence-electron chi connectivity index (χ4n) is 1.45. The van der Waals surface area contributed by atoms with Crippen LogP contribution in [-0.2, 0) is 10.8 Å². The molecule has 0 fully saturated rings. The Labute approximate surface area is 124 Å². The lowest BCUT2D eigenvalue weighted by Gasteiger charge is -2.10. The highest BCUT2D eigenvalue weighted by atomic mass is 35.5. The molecule has 1 aromatic carbocycles. The fraction of sp³-hybridized carbons (Fsp3) is 0.333. The highest BCUT2D eigenvalue weighted by Crippen LogP contribution is 2.21. The smallest absolute Gasteiger partial charge is 0.337 e. The predicted octanol–water partition coefficient (Wildman–Crippen LogP) is 1.93. The van der Waals surface area contributed by atoms with Gasteiger partial charge in [0.25, 0.3) is 0 Å². The lowest BCUT2D eigenvalue weighted by Crippen LogP contribution is -2.30. The summed E-state index contributed by atoms with van der Waals surface area (Å²) in [6.07, 6.45) is 2.17.